The molecule has 66 valence electrons. The summed E-state index contributed by atoms with van der Waals surface area (Å²) in [5.74, 6) is 0. The molecular formula is C10H14OS. The van der Waals surface area contributed by atoms with Gasteiger partial charge in [0.1, 0.15) is 0 Å². The minimum atomic E-state index is -0.191. The Morgan fingerprint density at radius 3 is 3.08 bits per heavy atom. The first-order valence-electron chi connectivity index (χ1n) is 4.54. The molecule has 0 bridgehead atoms. The average Bonchev–Trinajstić information content (AvgIpc) is 2.43. The van der Waals surface area contributed by atoms with Crippen LogP contribution in [0.2, 0.25) is 0 Å². The van der Waals surface area contributed by atoms with Crippen LogP contribution in [0.5, 0.6) is 0 Å². The molecule has 0 aromatic carbocycles. The number of hydrogen-bond donors (Lipinski definition) is 1. The fourth-order valence-electron chi connectivity index (χ4n) is 1.78. The van der Waals surface area contributed by atoms with E-state index in [4.69, 9.17) is 0 Å². The summed E-state index contributed by atoms with van der Waals surface area (Å²) in [5.41, 5.74) is 1.54. The Morgan fingerprint density at radius 2 is 2.42 bits per heavy atom. The standard InChI is InChI=1S/C10H14OS/c1-7(11)5-9-6-8-3-2-4-10(8)12-9/h6-7,11H,2-5H2,1H3/t7-/m1/s1. The number of aliphatic hydroxyl groups excluding tert-OH is 1. The first-order valence-corrected chi connectivity index (χ1v) is 5.36. The first-order chi connectivity index (χ1) is 5.75. The van der Waals surface area contributed by atoms with E-state index in [0.717, 1.165) is 6.42 Å². The summed E-state index contributed by atoms with van der Waals surface area (Å²) in [6, 6.07) is 2.28. The van der Waals surface area contributed by atoms with E-state index in [1.807, 2.05) is 18.3 Å². The largest absolute Gasteiger partial charge is 0.393 e. The van der Waals surface area contributed by atoms with Crippen molar-refractivity contribution in [2.45, 2.75) is 38.7 Å². The molecule has 1 aromatic heterocycles. The van der Waals surface area contributed by atoms with E-state index < -0.39 is 0 Å². The summed E-state index contributed by atoms with van der Waals surface area (Å²) in [7, 11) is 0. The molecule has 1 N–H and O–H groups in total. The van der Waals surface area contributed by atoms with Crippen molar-refractivity contribution >= 4 is 11.3 Å². The summed E-state index contributed by atoms with van der Waals surface area (Å²) in [5, 5.41) is 9.20. The Kier molecular flexibility index (Phi) is 2.20. The van der Waals surface area contributed by atoms with Crippen LogP contribution in [0.4, 0.5) is 0 Å². The second kappa shape index (κ2) is 3.19. The van der Waals surface area contributed by atoms with Gasteiger partial charge in [-0.2, -0.15) is 0 Å². The van der Waals surface area contributed by atoms with Gasteiger partial charge in [-0.15, -0.1) is 11.3 Å². The molecule has 2 heteroatoms. The summed E-state index contributed by atoms with van der Waals surface area (Å²) >= 11 is 1.89. The number of fused-ring (bicyclic) bond motifs is 1. The zero-order valence-electron chi connectivity index (χ0n) is 7.34. The highest BCUT2D eigenvalue weighted by atomic mass is 32.1. The molecule has 12 heavy (non-hydrogen) atoms. The van der Waals surface area contributed by atoms with E-state index in [0.29, 0.717) is 0 Å². The van der Waals surface area contributed by atoms with Crippen molar-refractivity contribution in [1.29, 1.82) is 0 Å². The van der Waals surface area contributed by atoms with Crippen LogP contribution in [-0.4, -0.2) is 11.2 Å². The molecule has 0 unspecified atom stereocenters. The second-order valence-corrected chi connectivity index (χ2v) is 4.79. The molecular weight excluding hydrogens is 168 g/mol. The van der Waals surface area contributed by atoms with Gasteiger partial charge in [-0.3, -0.25) is 0 Å². The first kappa shape index (κ1) is 8.27. The SMILES string of the molecule is C[C@@H](O)Cc1cc2c(s1)CCC2. The Labute approximate surface area is 77.0 Å². The molecule has 1 aliphatic rings. The zero-order valence-corrected chi connectivity index (χ0v) is 8.16. The van der Waals surface area contributed by atoms with Crippen molar-refractivity contribution in [2.75, 3.05) is 0 Å². The smallest absolute Gasteiger partial charge is 0.0560 e. The lowest BCUT2D eigenvalue weighted by molar-refractivity contribution is 0.196. The number of aryl methyl sites for hydroxylation is 2. The molecule has 0 saturated heterocycles. The minimum Gasteiger partial charge on any atom is -0.393 e. The van der Waals surface area contributed by atoms with Crippen LogP contribution in [0.3, 0.4) is 0 Å². The summed E-state index contributed by atoms with van der Waals surface area (Å²) in [6.07, 6.45) is 4.49. The molecule has 1 aliphatic carbocycles. The molecule has 0 aliphatic heterocycles. The average molecular weight is 182 g/mol. The molecule has 0 fully saturated rings. The van der Waals surface area contributed by atoms with E-state index in [-0.39, 0.29) is 6.10 Å². The normalized spacial score (nSPS) is 17.8. The maximum Gasteiger partial charge on any atom is 0.0560 e. The minimum absolute atomic E-state index is 0.191. The van der Waals surface area contributed by atoms with Crippen LogP contribution in [0, 0.1) is 0 Å². The van der Waals surface area contributed by atoms with E-state index in [1.165, 1.54) is 29.7 Å². The summed E-state index contributed by atoms with van der Waals surface area (Å²) < 4.78 is 0. The Morgan fingerprint density at radius 1 is 1.58 bits per heavy atom. The third-order valence-electron chi connectivity index (χ3n) is 2.29. The Hall–Kier alpha value is -0.340. The molecule has 1 aromatic rings. The summed E-state index contributed by atoms with van der Waals surface area (Å²) in [4.78, 5) is 2.92. The molecule has 1 atom stereocenters. The van der Waals surface area contributed by atoms with Gasteiger partial charge < -0.3 is 5.11 Å². The van der Waals surface area contributed by atoms with Crippen molar-refractivity contribution in [2.24, 2.45) is 0 Å². The lowest BCUT2D eigenvalue weighted by Gasteiger charge is -1.99. The van der Waals surface area contributed by atoms with Crippen molar-refractivity contribution in [3.05, 3.63) is 21.4 Å². The molecule has 1 nitrogen and oxygen atoms in total. The molecule has 0 spiro atoms. The topological polar surface area (TPSA) is 20.2 Å². The number of hydrogen-bond acceptors (Lipinski definition) is 2. The van der Waals surface area contributed by atoms with Gasteiger partial charge in [-0.05, 0) is 37.8 Å². The Balaban J connectivity index is 2.15. The number of aliphatic hydroxyl groups is 1. The van der Waals surface area contributed by atoms with Crippen LogP contribution >= 0.6 is 11.3 Å². The van der Waals surface area contributed by atoms with Gasteiger partial charge >= 0.3 is 0 Å². The fourth-order valence-corrected chi connectivity index (χ4v) is 3.16. The molecule has 0 saturated carbocycles. The van der Waals surface area contributed by atoms with Gasteiger partial charge in [0.2, 0.25) is 0 Å². The van der Waals surface area contributed by atoms with E-state index in [1.54, 1.807) is 4.88 Å². The van der Waals surface area contributed by atoms with Crippen LogP contribution in [0.1, 0.15) is 28.7 Å². The van der Waals surface area contributed by atoms with Gasteiger partial charge in [0, 0.05) is 16.2 Å². The van der Waals surface area contributed by atoms with Crippen LogP contribution < -0.4 is 0 Å². The highest BCUT2D eigenvalue weighted by molar-refractivity contribution is 7.12. The third-order valence-corrected chi connectivity index (χ3v) is 3.55. The molecule has 0 radical (unpaired) electrons. The predicted octanol–water partition coefficient (Wildman–Crippen LogP) is 2.16. The van der Waals surface area contributed by atoms with E-state index in [2.05, 4.69) is 6.07 Å². The van der Waals surface area contributed by atoms with Crippen LogP contribution in [0.15, 0.2) is 6.07 Å². The van der Waals surface area contributed by atoms with Crippen molar-refractivity contribution in [3.63, 3.8) is 0 Å². The zero-order chi connectivity index (χ0) is 8.55. The third kappa shape index (κ3) is 1.54. The van der Waals surface area contributed by atoms with E-state index in [9.17, 15) is 5.11 Å². The van der Waals surface area contributed by atoms with Crippen molar-refractivity contribution in [3.8, 4) is 0 Å². The molecule has 1 heterocycles. The highest BCUT2D eigenvalue weighted by Gasteiger charge is 2.14. The molecule has 0 amide bonds. The monoisotopic (exact) mass is 182 g/mol. The van der Waals surface area contributed by atoms with Gasteiger partial charge in [-0.1, -0.05) is 0 Å². The van der Waals surface area contributed by atoms with E-state index >= 15 is 0 Å². The lowest BCUT2D eigenvalue weighted by atomic mass is 10.2. The predicted molar refractivity (Wildman–Crippen MR) is 51.7 cm³/mol. The maximum absolute atomic E-state index is 9.20. The van der Waals surface area contributed by atoms with Crippen LogP contribution in [-0.2, 0) is 19.3 Å². The van der Waals surface area contributed by atoms with Gasteiger partial charge in [0.25, 0.3) is 0 Å². The fraction of sp³-hybridized carbons (Fsp3) is 0.600. The highest BCUT2D eigenvalue weighted by Crippen LogP contribution is 2.31. The van der Waals surface area contributed by atoms with Gasteiger partial charge in [0.15, 0.2) is 0 Å². The van der Waals surface area contributed by atoms with Crippen LogP contribution in [0.25, 0.3) is 0 Å². The number of thiophene rings is 1. The molecule has 2 rings (SSSR count). The second-order valence-electron chi connectivity index (χ2n) is 3.57. The summed E-state index contributed by atoms with van der Waals surface area (Å²) in [6.45, 7) is 1.85. The lowest BCUT2D eigenvalue weighted by Crippen LogP contribution is -2.02. The van der Waals surface area contributed by atoms with Crippen molar-refractivity contribution < 1.29 is 5.11 Å². The van der Waals surface area contributed by atoms with Crippen molar-refractivity contribution in [1.82, 2.24) is 0 Å². The Bertz CT molecular complexity index is 254. The number of rotatable bonds is 2. The van der Waals surface area contributed by atoms with Gasteiger partial charge in [-0.25, -0.2) is 0 Å². The van der Waals surface area contributed by atoms with Gasteiger partial charge in [0.05, 0.1) is 6.10 Å². The maximum atomic E-state index is 9.20. The quantitative estimate of drug-likeness (QED) is 0.743.